The molecule has 2 heterocycles. The molecule has 0 aliphatic rings. The number of carbonyl (C=O) groups is 1. The molecule has 0 saturated heterocycles. The van der Waals surface area contributed by atoms with Crippen molar-refractivity contribution < 1.29 is 4.79 Å². The molecule has 4 rings (SSSR count). The van der Waals surface area contributed by atoms with E-state index >= 15 is 0 Å². The van der Waals surface area contributed by atoms with E-state index in [-0.39, 0.29) is 5.91 Å². The van der Waals surface area contributed by atoms with Crippen molar-refractivity contribution in [3.05, 3.63) is 71.1 Å². The zero-order chi connectivity index (χ0) is 17.2. The molecule has 0 unspecified atom stereocenters. The number of hydrogen-bond donors (Lipinski definition) is 3. The van der Waals surface area contributed by atoms with Gasteiger partial charge in [-0.3, -0.25) is 9.89 Å². The fourth-order valence-corrected chi connectivity index (χ4v) is 2.77. The second-order valence-electron chi connectivity index (χ2n) is 5.55. The van der Waals surface area contributed by atoms with Gasteiger partial charge in [-0.15, -0.1) is 0 Å². The summed E-state index contributed by atoms with van der Waals surface area (Å²) >= 11 is 5.91. The van der Waals surface area contributed by atoms with Gasteiger partial charge in [0.2, 0.25) is 0 Å². The summed E-state index contributed by atoms with van der Waals surface area (Å²) in [5.74, 6) is 0.477. The number of amides is 1. The molecule has 0 spiro atoms. The van der Waals surface area contributed by atoms with Crippen molar-refractivity contribution in [1.29, 1.82) is 0 Å². The van der Waals surface area contributed by atoms with E-state index in [1.165, 1.54) is 6.20 Å². The number of benzene rings is 2. The molecule has 3 N–H and O–H groups in total. The summed E-state index contributed by atoms with van der Waals surface area (Å²) < 4.78 is 0. The van der Waals surface area contributed by atoms with Crippen molar-refractivity contribution in [2.75, 3.05) is 0 Å². The monoisotopic (exact) mass is 351 g/mol. The molecule has 0 radical (unpaired) electrons. The van der Waals surface area contributed by atoms with Gasteiger partial charge in [-0.25, -0.2) is 4.98 Å². The van der Waals surface area contributed by atoms with Crippen LogP contribution < -0.4 is 5.32 Å². The molecule has 2 aromatic carbocycles. The van der Waals surface area contributed by atoms with Crippen LogP contribution >= 0.6 is 11.6 Å². The summed E-state index contributed by atoms with van der Waals surface area (Å²) in [5, 5.41) is 10.4. The first-order valence-corrected chi connectivity index (χ1v) is 8.09. The van der Waals surface area contributed by atoms with E-state index in [1.807, 2.05) is 36.4 Å². The quantitative estimate of drug-likeness (QED) is 0.525. The molecule has 2 aromatic heterocycles. The number of hydrogen-bond acceptors (Lipinski definition) is 3. The topological polar surface area (TPSA) is 86.5 Å². The Balaban J connectivity index is 1.52. The lowest BCUT2D eigenvalue weighted by Gasteiger charge is -2.05. The van der Waals surface area contributed by atoms with E-state index in [4.69, 9.17) is 11.6 Å². The first-order valence-electron chi connectivity index (χ1n) is 7.72. The van der Waals surface area contributed by atoms with Gasteiger partial charge in [0.15, 0.2) is 0 Å². The van der Waals surface area contributed by atoms with E-state index in [0.29, 0.717) is 28.6 Å². The summed E-state index contributed by atoms with van der Waals surface area (Å²) in [6.07, 6.45) is 1.51. The molecule has 0 aliphatic heterocycles. The van der Waals surface area contributed by atoms with Crippen molar-refractivity contribution in [2.24, 2.45) is 0 Å². The molecule has 4 aromatic rings. The zero-order valence-corrected chi connectivity index (χ0v) is 13.8. The van der Waals surface area contributed by atoms with E-state index in [1.54, 1.807) is 12.1 Å². The second-order valence-corrected chi connectivity index (χ2v) is 5.99. The molecule has 6 nitrogen and oxygen atoms in total. The number of fused-ring (bicyclic) bond motifs is 1. The maximum absolute atomic E-state index is 12.5. The third kappa shape index (κ3) is 3.12. The van der Waals surface area contributed by atoms with Gasteiger partial charge in [-0.05, 0) is 24.3 Å². The third-order valence-corrected chi connectivity index (χ3v) is 4.12. The van der Waals surface area contributed by atoms with Crippen LogP contribution in [0.1, 0.15) is 16.2 Å². The Kier molecular flexibility index (Phi) is 3.95. The van der Waals surface area contributed by atoms with Gasteiger partial charge in [0.25, 0.3) is 5.91 Å². The van der Waals surface area contributed by atoms with E-state index < -0.39 is 0 Å². The predicted octanol–water partition coefficient (Wildman–Crippen LogP) is 3.54. The van der Waals surface area contributed by atoms with Crippen molar-refractivity contribution in [3.63, 3.8) is 0 Å². The van der Waals surface area contributed by atoms with Gasteiger partial charge >= 0.3 is 0 Å². The SMILES string of the molecule is O=C(NCc1nc2ccccc2[nH]1)c1cn[nH]c1-c1ccc(Cl)cc1. The molecular formula is C18H14ClN5O. The summed E-state index contributed by atoms with van der Waals surface area (Å²) in [6.45, 7) is 0.304. The largest absolute Gasteiger partial charge is 0.345 e. The molecule has 25 heavy (non-hydrogen) atoms. The highest BCUT2D eigenvalue weighted by atomic mass is 35.5. The van der Waals surface area contributed by atoms with E-state index in [0.717, 1.165) is 16.6 Å². The Bertz CT molecular complexity index is 1000. The van der Waals surface area contributed by atoms with Crippen LogP contribution in [0.25, 0.3) is 22.3 Å². The number of carbonyl (C=O) groups excluding carboxylic acids is 1. The highest BCUT2D eigenvalue weighted by molar-refractivity contribution is 6.30. The maximum atomic E-state index is 12.5. The van der Waals surface area contributed by atoms with Crippen LogP contribution in [0.5, 0.6) is 0 Å². The van der Waals surface area contributed by atoms with E-state index in [9.17, 15) is 4.79 Å². The van der Waals surface area contributed by atoms with Gasteiger partial charge in [0, 0.05) is 10.6 Å². The third-order valence-electron chi connectivity index (χ3n) is 3.87. The summed E-state index contributed by atoms with van der Waals surface area (Å²) in [4.78, 5) is 20.1. The number of aromatic nitrogens is 4. The highest BCUT2D eigenvalue weighted by Gasteiger charge is 2.15. The molecule has 7 heteroatoms. The minimum Gasteiger partial charge on any atom is -0.345 e. The number of nitrogens with zero attached hydrogens (tertiary/aromatic N) is 2. The standard InChI is InChI=1S/C18H14ClN5O/c19-12-7-5-11(6-8-12)17-13(9-21-24-17)18(25)20-10-16-22-14-3-1-2-4-15(14)23-16/h1-9H,10H2,(H,20,25)(H,21,24)(H,22,23). The molecule has 1 amide bonds. The number of imidazole rings is 1. The number of halogens is 1. The molecule has 0 atom stereocenters. The van der Waals surface area contributed by atoms with Gasteiger partial charge in [0.1, 0.15) is 5.82 Å². The maximum Gasteiger partial charge on any atom is 0.255 e. The Morgan fingerprint density at radius 1 is 1.12 bits per heavy atom. The molecule has 0 bridgehead atoms. The minimum absolute atomic E-state index is 0.223. The zero-order valence-electron chi connectivity index (χ0n) is 13.1. The average Bonchev–Trinajstić information content (AvgIpc) is 3.27. The average molecular weight is 352 g/mol. The first-order chi connectivity index (χ1) is 12.2. The first kappa shape index (κ1) is 15.4. The van der Waals surface area contributed by atoms with Gasteiger partial charge in [-0.2, -0.15) is 5.10 Å². The molecule has 0 fully saturated rings. The molecule has 0 saturated carbocycles. The summed E-state index contributed by atoms with van der Waals surface area (Å²) in [7, 11) is 0. The fourth-order valence-electron chi connectivity index (χ4n) is 2.64. The Labute approximate surface area is 148 Å². The molecular weight excluding hydrogens is 338 g/mol. The molecule has 0 aliphatic carbocycles. The normalized spacial score (nSPS) is 10.9. The Morgan fingerprint density at radius 2 is 1.92 bits per heavy atom. The van der Waals surface area contributed by atoms with Crippen LogP contribution in [0, 0.1) is 0 Å². The molecule has 124 valence electrons. The van der Waals surface area contributed by atoms with Crippen LogP contribution in [0.15, 0.2) is 54.7 Å². The van der Waals surface area contributed by atoms with Gasteiger partial charge in [0.05, 0.1) is 35.0 Å². The number of rotatable bonds is 4. The minimum atomic E-state index is -0.223. The Morgan fingerprint density at radius 3 is 2.72 bits per heavy atom. The van der Waals surface area contributed by atoms with Crippen molar-refractivity contribution in [1.82, 2.24) is 25.5 Å². The van der Waals surface area contributed by atoms with Crippen LogP contribution in [0.4, 0.5) is 0 Å². The number of para-hydroxylation sites is 2. The van der Waals surface area contributed by atoms with E-state index in [2.05, 4.69) is 25.5 Å². The number of aromatic amines is 2. The van der Waals surface area contributed by atoms with Crippen LogP contribution in [-0.4, -0.2) is 26.1 Å². The van der Waals surface area contributed by atoms with Crippen LogP contribution in [0.2, 0.25) is 5.02 Å². The lowest BCUT2D eigenvalue weighted by Crippen LogP contribution is -2.23. The highest BCUT2D eigenvalue weighted by Crippen LogP contribution is 2.23. The van der Waals surface area contributed by atoms with Crippen LogP contribution in [-0.2, 0) is 6.54 Å². The lowest BCUT2D eigenvalue weighted by molar-refractivity contribution is 0.0950. The lowest BCUT2D eigenvalue weighted by atomic mass is 10.1. The van der Waals surface area contributed by atoms with Crippen molar-refractivity contribution in [2.45, 2.75) is 6.54 Å². The number of nitrogens with one attached hydrogen (secondary N) is 3. The van der Waals surface area contributed by atoms with Gasteiger partial charge < -0.3 is 10.3 Å². The Hall–Kier alpha value is -3.12. The second kappa shape index (κ2) is 6.41. The predicted molar refractivity (Wildman–Crippen MR) is 96.3 cm³/mol. The smallest absolute Gasteiger partial charge is 0.255 e. The number of H-pyrrole nitrogens is 2. The fraction of sp³-hybridized carbons (Fsp3) is 0.0556. The van der Waals surface area contributed by atoms with Crippen LogP contribution in [0.3, 0.4) is 0 Å². The summed E-state index contributed by atoms with van der Waals surface area (Å²) in [6, 6.07) is 15.0. The van der Waals surface area contributed by atoms with Gasteiger partial charge in [-0.1, -0.05) is 35.9 Å². The van der Waals surface area contributed by atoms with Crippen molar-refractivity contribution in [3.8, 4) is 11.3 Å². The van der Waals surface area contributed by atoms with Crippen molar-refractivity contribution >= 4 is 28.5 Å². The summed E-state index contributed by atoms with van der Waals surface area (Å²) in [5.41, 5.74) is 3.78.